The Hall–Kier alpha value is -2.02. The summed E-state index contributed by atoms with van der Waals surface area (Å²) in [5.41, 5.74) is 4.70. The van der Waals surface area contributed by atoms with Crippen molar-refractivity contribution in [1.82, 2.24) is 0 Å². The van der Waals surface area contributed by atoms with Crippen LogP contribution in [0.15, 0.2) is 121 Å². The number of hydrogen-bond acceptors (Lipinski definition) is 3. The van der Waals surface area contributed by atoms with Crippen molar-refractivity contribution in [3.63, 3.8) is 0 Å². The van der Waals surface area contributed by atoms with Crippen LogP contribution in [0.1, 0.15) is 22.3 Å². The summed E-state index contributed by atoms with van der Waals surface area (Å²) in [6.07, 6.45) is 0. The van der Waals surface area contributed by atoms with E-state index in [0.29, 0.717) is 23.5 Å². The van der Waals surface area contributed by atoms with E-state index in [0.717, 1.165) is 0 Å². The van der Waals surface area contributed by atoms with Crippen molar-refractivity contribution in [2.45, 2.75) is 23.5 Å². The molecule has 0 aliphatic carbocycles. The number of benzene rings is 4. The Morgan fingerprint density at radius 1 is 0.361 bits per heavy atom. The average molecular weight is 568 g/mol. The Morgan fingerprint density at radius 3 is 0.583 bits per heavy atom. The SMILES string of the molecule is ClCc1ccccc1.ClCc1ccccc1.ClCc1ccccc1.ClCc1ccccc1.OB(O)O. The van der Waals surface area contributed by atoms with Gasteiger partial charge in [0.2, 0.25) is 0 Å². The molecule has 0 saturated carbocycles. The Bertz CT molecular complexity index is 804. The van der Waals surface area contributed by atoms with Gasteiger partial charge >= 0.3 is 7.32 Å². The molecular weight excluding hydrogens is 537 g/mol. The van der Waals surface area contributed by atoms with Gasteiger partial charge in [-0.3, -0.25) is 0 Å². The first-order valence-corrected chi connectivity index (χ1v) is 13.0. The fraction of sp³-hybridized carbons (Fsp3) is 0.143. The van der Waals surface area contributed by atoms with Gasteiger partial charge in [-0.15, -0.1) is 46.4 Å². The predicted molar refractivity (Wildman–Crippen MR) is 156 cm³/mol. The molecule has 8 heteroatoms. The van der Waals surface area contributed by atoms with Crippen molar-refractivity contribution in [2.75, 3.05) is 0 Å². The molecule has 4 aromatic carbocycles. The minimum absolute atomic E-state index is 0.612. The molecule has 0 fully saturated rings. The van der Waals surface area contributed by atoms with Gasteiger partial charge in [-0.25, -0.2) is 0 Å². The van der Waals surface area contributed by atoms with Gasteiger partial charge in [-0.2, -0.15) is 0 Å². The third-order valence-electron chi connectivity index (χ3n) is 3.99. The fourth-order valence-corrected chi connectivity index (χ4v) is 2.98. The van der Waals surface area contributed by atoms with Crippen LogP contribution in [0, 0.1) is 0 Å². The molecular formula is C28H31BCl4O3. The van der Waals surface area contributed by atoms with Crippen LogP contribution in [0.4, 0.5) is 0 Å². The number of rotatable bonds is 4. The van der Waals surface area contributed by atoms with Crippen LogP contribution in [-0.4, -0.2) is 22.4 Å². The van der Waals surface area contributed by atoms with Crippen molar-refractivity contribution in [2.24, 2.45) is 0 Å². The fourth-order valence-electron chi connectivity index (χ4n) is 2.27. The van der Waals surface area contributed by atoms with Crippen LogP contribution in [0.25, 0.3) is 0 Å². The van der Waals surface area contributed by atoms with E-state index in [2.05, 4.69) is 0 Å². The first-order chi connectivity index (χ1) is 17.5. The van der Waals surface area contributed by atoms with E-state index < -0.39 is 7.32 Å². The second-order valence-electron chi connectivity index (χ2n) is 6.82. The van der Waals surface area contributed by atoms with E-state index in [9.17, 15) is 0 Å². The summed E-state index contributed by atoms with van der Waals surface area (Å²) in [7, 11) is -2.17. The maximum absolute atomic E-state index is 7.17. The van der Waals surface area contributed by atoms with Gasteiger partial charge in [0.1, 0.15) is 0 Å². The molecule has 0 bridgehead atoms. The molecule has 3 nitrogen and oxygen atoms in total. The van der Waals surface area contributed by atoms with Crippen LogP contribution < -0.4 is 0 Å². The van der Waals surface area contributed by atoms with E-state index in [-0.39, 0.29) is 0 Å². The molecule has 0 saturated heterocycles. The summed E-state index contributed by atoms with van der Waals surface area (Å²) in [4.78, 5) is 0. The molecule has 0 aliphatic heterocycles. The molecule has 36 heavy (non-hydrogen) atoms. The summed E-state index contributed by atoms with van der Waals surface area (Å²) in [5.74, 6) is 2.45. The summed E-state index contributed by atoms with van der Waals surface area (Å²) < 4.78 is 0. The molecule has 3 N–H and O–H groups in total. The highest BCUT2D eigenvalue weighted by Gasteiger charge is 1.92. The maximum Gasteiger partial charge on any atom is 0.631 e. The minimum Gasteiger partial charge on any atom is -0.402 e. The third kappa shape index (κ3) is 21.3. The Morgan fingerprint density at radius 2 is 0.500 bits per heavy atom. The lowest BCUT2D eigenvalue weighted by molar-refractivity contribution is 0.278. The lowest BCUT2D eigenvalue weighted by Gasteiger charge is -1.88. The smallest absolute Gasteiger partial charge is 0.402 e. The molecule has 0 aliphatic rings. The molecule has 0 radical (unpaired) electrons. The van der Waals surface area contributed by atoms with Gasteiger partial charge in [-0.05, 0) is 22.3 Å². The predicted octanol–water partition coefficient (Wildman–Crippen LogP) is 7.65. The van der Waals surface area contributed by atoms with Gasteiger partial charge < -0.3 is 15.1 Å². The van der Waals surface area contributed by atoms with E-state index >= 15 is 0 Å². The Labute approximate surface area is 235 Å². The van der Waals surface area contributed by atoms with Gasteiger partial charge in [0.25, 0.3) is 0 Å². The zero-order valence-electron chi connectivity index (χ0n) is 19.8. The van der Waals surface area contributed by atoms with E-state index in [1.165, 1.54) is 22.3 Å². The molecule has 4 rings (SSSR count). The first-order valence-electron chi connectivity index (χ1n) is 10.9. The number of hydrogen-bond donors (Lipinski definition) is 3. The van der Waals surface area contributed by atoms with Crippen LogP contribution in [0.3, 0.4) is 0 Å². The summed E-state index contributed by atoms with van der Waals surface area (Å²) in [5, 5.41) is 21.5. The highest BCUT2D eigenvalue weighted by atomic mass is 35.5. The van der Waals surface area contributed by atoms with Gasteiger partial charge in [-0.1, -0.05) is 121 Å². The second-order valence-corrected chi connectivity index (χ2v) is 7.89. The Balaban J connectivity index is 0.000000433. The van der Waals surface area contributed by atoms with Crippen LogP contribution >= 0.6 is 46.4 Å². The summed E-state index contributed by atoms with van der Waals surface area (Å²) >= 11 is 22.1. The molecule has 0 spiro atoms. The monoisotopic (exact) mass is 566 g/mol. The van der Waals surface area contributed by atoms with Gasteiger partial charge in [0.05, 0.1) is 0 Å². The largest absolute Gasteiger partial charge is 0.631 e. The lowest BCUT2D eigenvalue weighted by Crippen LogP contribution is -2.07. The van der Waals surface area contributed by atoms with Crippen molar-refractivity contribution in [3.8, 4) is 0 Å². The van der Waals surface area contributed by atoms with Gasteiger partial charge in [0, 0.05) is 23.5 Å². The highest BCUT2D eigenvalue weighted by molar-refractivity contribution is 6.30. The maximum atomic E-state index is 7.17. The quantitative estimate of drug-likeness (QED) is 0.175. The van der Waals surface area contributed by atoms with Crippen molar-refractivity contribution in [3.05, 3.63) is 144 Å². The topological polar surface area (TPSA) is 60.7 Å². The molecule has 0 unspecified atom stereocenters. The minimum atomic E-state index is -2.17. The average Bonchev–Trinajstić information content (AvgIpc) is 2.95. The van der Waals surface area contributed by atoms with E-state index in [1.54, 1.807) is 0 Å². The second kappa shape index (κ2) is 24.7. The van der Waals surface area contributed by atoms with Crippen molar-refractivity contribution >= 4 is 53.7 Å². The normalized spacial score (nSPS) is 8.86. The van der Waals surface area contributed by atoms with E-state index in [1.807, 2.05) is 121 Å². The summed E-state index contributed by atoms with van der Waals surface area (Å²) in [6.45, 7) is 0. The van der Waals surface area contributed by atoms with Crippen molar-refractivity contribution < 1.29 is 15.1 Å². The molecule has 0 amide bonds. The molecule has 192 valence electrons. The first kappa shape index (κ1) is 34.0. The van der Waals surface area contributed by atoms with E-state index in [4.69, 9.17) is 61.5 Å². The van der Waals surface area contributed by atoms with Crippen LogP contribution in [0.2, 0.25) is 0 Å². The molecule has 0 heterocycles. The highest BCUT2D eigenvalue weighted by Crippen LogP contribution is 2.02. The summed E-state index contributed by atoms with van der Waals surface area (Å²) in [6, 6.07) is 39.9. The molecule has 0 aromatic heterocycles. The van der Waals surface area contributed by atoms with Crippen molar-refractivity contribution in [1.29, 1.82) is 0 Å². The van der Waals surface area contributed by atoms with Crippen LogP contribution in [-0.2, 0) is 23.5 Å². The zero-order valence-corrected chi connectivity index (χ0v) is 22.8. The third-order valence-corrected chi connectivity index (χ3v) is 5.22. The lowest BCUT2D eigenvalue weighted by atomic mass is 10.2. The number of alkyl halides is 4. The van der Waals surface area contributed by atoms with Gasteiger partial charge in [0.15, 0.2) is 0 Å². The zero-order chi connectivity index (χ0) is 26.9. The number of halogens is 4. The molecule has 0 atom stereocenters. The molecule has 4 aromatic rings. The van der Waals surface area contributed by atoms with Crippen LogP contribution in [0.5, 0.6) is 0 Å². The Kier molecular flexibility index (Phi) is 23.3. The standard InChI is InChI=1S/4C7H7Cl.BH3O3/c4*8-6-7-4-2-1-3-5-7;2-1(3)4/h4*1-5H,6H2;2-4H.